The number of esters is 2. The van der Waals surface area contributed by atoms with Crippen molar-refractivity contribution in [1.29, 1.82) is 0 Å². The summed E-state index contributed by atoms with van der Waals surface area (Å²) < 4.78 is 150. The quantitative estimate of drug-likeness (QED) is 0.0655. The number of benzene rings is 1. The van der Waals surface area contributed by atoms with Crippen molar-refractivity contribution < 1.29 is 67.7 Å². The highest BCUT2D eigenvalue weighted by Crippen LogP contribution is 2.61. The van der Waals surface area contributed by atoms with E-state index >= 15 is 0 Å². The van der Waals surface area contributed by atoms with Crippen molar-refractivity contribution in [3.05, 3.63) is 29.8 Å². The fraction of sp³-hybridized carbons (Fsp3) is 0.704. The van der Waals surface area contributed by atoms with E-state index in [1.165, 1.54) is 0 Å². The van der Waals surface area contributed by atoms with E-state index in [0.717, 1.165) is 19.3 Å². The van der Waals surface area contributed by atoms with Crippen molar-refractivity contribution in [3.8, 4) is 5.75 Å². The topological polar surface area (TPSA) is 61.8 Å². The Labute approximate surface area is 245 Å². The first-order valence-electron chi connectivity index (χ1n) is 13.5. The summed E-state index contributed by atoms with van der Waals surface area (Å²) >= 11 is 2.52. The summed E-state index contributed by atoms with van der Waals surface area (Å²) in [4.78, 5) is 26.6. The van der Waals surface area contributed by atoms with Gasteiger partial charge in [0.15, 0.2) is 0 Å². The molecule has 0 aromatic heterocycles. The van der Waals surface area contributed by atoms with E-state index < -0.39 is 83.9 Å². The van der Waals surface area contributed by atoms with Gasteiger partial charge in [0.25, 0.3) is 0 Å². The van der Waals surface area contributed by atoms with Crippen molar-refractivity contribution in [1.82, 2.24) is 0 Å². The lowest BCUT2D eigenvalue weighted by Gasteiger charge is -2.55. The van der Waals surface area contributed by atoms with Gasteiger partial charge in [-0.05, 0) is 93.4 Å². The predicted molar refractivity (Wildman–Crippen MR) is 131 cm³/mol. The Bertz CT molecular complexity index is 1140. The average Bonchev–Trinajstić information content (AvgIpc) is 2.85. The smallest absolute Gasteiger partial charge is 0.421 e. The molecule has 0 amide bonds. The Morgan fingerprint density at radius 3 is 1.77 bits per heavy atom. The molecule has 4 bridgehead atoms. The van der Waals surface area contributed by atoms with Gasteiger partial charge in [-0.15, -0.1) is 0 Å². The van der Waals surface area contributed by atoms with Crippen LogP contribution in [-0.4, -0.2) is 41.7 Å². The van der Waals surface area contributed by atoms with E-state index in [-0.39, 0.29) is 37.0 Å². The van der Waals surface area contributed by atoms with Crippen molar-refractivity contribution in [3.63, 3.8) is 0 Å². The normalized spacial score (nSPS) is 27.1. The van der Waals surface area contributed by atoms with Gasteiger partial charge >= 0.3 is 41.3 Å². The summed E-state index contributed by atoms with van der Waals surface area (Å²) in [5.74, 6) is -13.3. The molecule has 5 nitrogen and oxygen atoms in total. The van der Waals surface area contributed by atoms with Crippen LogP contribution in [0.4, 0.5) is 43.9 Å². The molecule has 0 saturated heterocycles. The average molecular weight is 655 g/mol. The zero-order chi connectivity index (χ0) is 32.1. The highest BCUT2D eigenvalue weighted by atomic mass is 32.1. The maximum Gasteiger partial charge on any atom is 0.468 e. The van der Waals surface area contributed by atoms with Gasteiger partial charge in [-0.3, -0.25) is 4.79 Å². The standard InChI is InChI=1S/C27H28F10O5S/c28-23(29,27(36,37)43)7-1-2-8-40-24(26(33,34)35,21(39)41-19-5-3-18(4-6-19)25(30,31)32)42-20(38)22-12-15-9-16(13-22)11-17(10-15)14-22/h3-6,15-17,43H,1-2,7-14H2. The largest absolute Gasteiger partial charge is 0.468 e. The number of alkyl halides is 10. The predicted octanol–water partition coefficient (Wildman–Crippen LogP) is 7.97. The Morgan fingerprint density at radius 2 is 1.33 bits per heavy atom. The lowest BCUT2D eigenvalue weighted by atomic mass is 9.49. The summed E-state index contributed by atoms with van der Waals surface area (Å²) in [6, 6.07) is 2.03. The van der Waals surface area contributed by atoms with Crippen LogP contribution in [0.25, 0.3) is 0 Å². The maximum absolute atomic E-state index is 14.7. The molecule has 5 rings (SSSR count). The lowest BCUT2D eigenvalue weighted by Crippen LogP contribution is -2.62. The highest BCUT2D eigenvalue weighted by molar-refractivity contribution is 7.81. The third-order valence-electron chi connectivity index (χ3n) is 8.37. The number of carbonyl (C=O) groups is 2. The van der Waals surface area contributed by atoms with Crippen molar-refractivity contribution in [2.24, 2.45) is 23.2 Å². The molecular formula is C27H28F10O5S. The van der Waals surface area contributed by atoms with Gasteiger partial charge < -0.3 is 14.2 Å². The van der Waals surface area contributed by atoms with Crippen LogP contribution >= 0.6 is 12.6 Å². The molecule has 242 valence electrons. The summed E-state index contributed by atoms with van der Waals surface area (Å²) in [6.07, 6.45) is -10.5. The number of hydrogen-bond donors (Lipinski definition) is 1. The monoisotopic (exact) mass is 654 g/mol. The number of rotatable bonds is 11. The van der Waals surface area contributed by atoms with Crippen LogP contribution in [0.1, 0.15) is 63.4 Å². The highest BCUT2D eigenvalue weighted by Gasteiger charge is 2.70. The fourth-order valence-electron chi connectivity index (χ4n) is 6.69. The third kappa shape index (κ3) is 7.04. The number of halogens is 10. The van der Waals surface area contributed by atoms with Gasteiger partial charge in [0.2, 0.25) is 0 Å². The second-order valence-corrected chi connectivity index (χ2v) is 12.2. The number of unbranched alkanes of at least 4 members (excludes halogenated alkanes) is 1. The van der Waals surface area contributed by atoms with Crippen LogP contribution in [-0.2, 0) is 25.2 Å². The van der Waals surface area contributed by atoms with E-state index in [1.54, 1.807) is 0 Å². The lowest BCUT2D eigenvalue weighted by molar-refractivity contribution is -0.356. The molecule has 0 radical (unpaired) electrons. The summed E-state index contributed by atoms with van der Waals surface area (Å²) in [7, 11) is 0. The molecule has 0 heterocycles. The number of carbonyl (C=O) groups excluding carboxylic acids is 2. The molecule has 4 fully saturated rings. The molecule has 0 spiro atoms. The summed E-state index contributed by atoms with van der Waals surface area (Å²) in [6.45, 7) is -1.16. The van der Waals surface area contributed by atoms with Crippen molar-refractivity contribution in [2.75, 3.05) is 6.61 Å². The van der Waals surface area contributed by atoms with Crippen LogP contribution in [0.15, 0.2) is 24.3 Å². The maximum atomic E-state index is 14.7. The fourth-order valence-corrected chi connectivity index (χ4v) is 6.80. The van der Waals surface area contributed by atoms with Gasteiger partial charge in [0, 0.05) is 6.42 Å². The van der Waals surface area contributed by atoms with Gasteiger partial charge in [-0.25, -0.2) is 4.79 Å². The molecule has 4 aliphatic carbocycles. The van der Waals surface area contributed by atoms with Crippen LogP contribution < -0.4 is 4.74 Å². The van der Waals surface area contributed by atoms with Crippen LogP contribution in [0.3, 0.4) is 0 Å². The first-order valence-corrected chi connectivity index (χ1v) is 13.9. The number of hydrogen-bond acceptors (Lipinski definition) is 6. The first kappa shape index (κ1) is 33.7. The SMILES string of the molecule is O=C(OC(OCCCCC(F)(F)C(F)(F)S)(C(=O)Oc1ccc(C(F)(F)F)cc1)C(F)(F)F)C12CC3CC(CC(C3)C1)C2. The molecule has 16 heteroatoms. The van der Waals surface area contributed by atoms with Crippen molar-refractivity contribution >= 4 is 24.6 Å². The van der Waals surface area contributed by atoms with Gasteiger partial charge in [-0.1, -0.05) is 12.6 Å². The van der Waals surface area contributed by atoms with Crippen LogP contribution in [0.2, 0.25) is 0 Å². The molecule has 4 saturated carbocycles. The zero-order valence-electron chi connectivity index (χ0n) is 22.4. The molecule has 0 N–H and O–H groups in total. The minimum atomic E-state index is -5.81. The summed E-state index contributed by atoms with van der Waals surface area (Å²) in [5, 5.41) is -4.71. The molecule has 1 aromatic rings. The Kier molecular flexibility index (Phi) is 9.08. The Balaban J connectivity index is 1.58. The van der Waals surface area contributed by atoms with Crippen LogP contribution in [0, 0.1) is 23.2 Å². The second kappa shape index (κ2) is 11.6. The number of thiol groups is 1. The minimum absolute atomic E-state index is 0.0748. The van der Waals surface area contributed by atoms with Gasteiger partial charge in [0.05, 0.1) is 17.6 Å². The molecule has 1 aromatic carbocycles. The molecule has 43 heavy (non-hydrogen) atoms. The van der Waals surface area contributed by atoms with E-state index in [1.807, 2.05) is 0 Å². The second-order valence-electron chi connectivity index (χ2n) is 11.7. The summed E-state index contributed by atoms with van der Waals surface area (Å²) in [5.41, 5.74) is -2.52. The van der Waals surface area contributed by atoms with Gasteiger partial charge in [-0.2, -0.15) is 43.9 Å². The van der Waals surface area contributed by atoms with E-state index in [0.29, 0.717) is 24.3 Å². The van der Waals surface area contributed by atoms with E-state index in [2.05, 4.69) is 12.6 Å². The third-order valence-corrected chi connectivity index (χ3v) is 8.70. The van der Waals surface area contributed by atoms with E-state index in [9.17, 15) is 53.5 Å². The van der Waals surface area contributed by atoms with Crippen molar-refractivity contribution in [2.45, 2.75) is 87.1 Å². The molecule has 1 unspecified atom stereocenters. The molecule has 1 atom stereocenters. The van der Waals surface area contributed by atoms with E-state index in [4.69, 9.17) is 14.2 Å². The van der Waals surface area contributed by atoms with Crippen LogP contribution in [0.5, 0.6) is 5.75 Å². The van der Waals surface area contributed by atoms with Gasteiger partial charge in [0.1, 0.15) is 5.75 Å². The Hall–Kier alpha value is -2.23. The minimum Gasteiger partial charge on any atom is -0.421 e. The molecule has 4 aliphatic rings. The molecular weight excluding hydrogens is 626 g/mol. The molecule has 0 aliphatic heterocycles. The number of ether oxygens (including phenoxy) is 3. The first-order chi connectivity index (χ1) is 19.7. The zero-order valence-corrected chi connectivity index (χ0v) is 23.3. The Morgan fingerprint density at radius 1 is 0.814 bits per heavy atom.